The lowest BCUT2D eigenvalue weighted by Crippen LogP contribution is -2.36. The van der Waals surface area contributed by atoms with Crippen LogP contribution in [-0.2, 0) is 23.1 Å². The molecule has 0 fully saturated rings. The zero-order chi connectivity index (χ0) is 24.6. The molecule has 0 aromatic rings. The van der Waals surface area contributed by atoms with E-state index >= 15 is 0 Å². The van der Waals surface area contributed by atoms with Crippen molar-refractivity contribution in [1.29, 1.82) is 0 Å². The van der Waals surface area contributed by atoms with Crippen molar-refractivity contribution in [3.8, 4) is 0 Å². The van der Waals surface area contributed by atoms with Crippen LogP contribution >= 0.6 is 23.8 Å². The molecule has 0 saturated heterocycles. The van der Waals surface area contributed by atoms with E-state index in [0.717, 1.165) is 25.7 Å². The van der Waals surface area contributed by atoms with Crippen LogP contribution in [0.1, 0.15) is 110 Å². The number of unbranched alkanes of at least 4 members (excludes halogenated alkanes) is 12. The van der Waals surface area contributed by atoms with E-state index < -0.39 is 13.9 Å². The Morgan fingerprint density at radius 3 is 1.97 bits per heavy atom. The van der Waals surface area contributed by atoms with Crippen LogP contribution < -0.4 is 5.32 Å². The van der Waals surface area contributed by atoms with Gasteiger partial charge in [-0.1, -0.05) is 107 Å². The Balaban J connectivity index is 4.15. The van der Waals surface area contributed by atoms with E-state index in [0.29, 0.717) is 18.4 Å². The van der Waals surface area contributed by atoms with E-state index in [1.54, 1.807) is 0 Å². The number of phosphoric acid groups is 1. The lowest BCUT2D eigenvalue weighted by atomic mass is 10.1. The average molecular weight is 559 g/mol. The summed E-state index contributed by atoms with van der Waals surface area (Å²) in [5, 5.41) is 3.32. The molecule has 0 spiro atoms. The second-order valence-electron chi connectivity index (χ2n) is 8.58. The van der Waals surface area contributed by atoms with Crippen molar-refractivity contribution in [3.63, 3.8) is 0 Å². The Morgan fingerprint density at radius 1 is 0.848 bits per heavy atom. The van der Waals surface area contributed by atoms with Gasteiger partial charge in [0.25, 0.3) is 0 Å². The van der Waals surface area contributed by atoms with Crippen LogP contribution in [0.4, 0.5) is 0 Å². The maximum absolute atomic E-state index is 12.2. The van der Waals surface area contributed by atoms with Gasteiger partial charge in [-0.05, 0) is 12.8 Å². The maximum Gasteiger partial charge on any atom is 0.472 e. The summed E-state index contributed by atoms with van der Waals surface area (Å²) in [6.07, 6.45) is 16.5. The Labute approximate surface area is 210 Å². The monoisotopic (exact) mass is 557 g/mol. The molecule has 2 N–H and O–H groups in total. The molecule has 198 valence electrons. The first-order valence-electron chi connectivity index (χ1n) is 13.0. The smallest absolute Gasteiger partial charge is 0.374 e. The number of phosphoric ester groups is 1. The van der Waals surface area contributed by atoms with Gasteiger partial charge in [0.2, 0.25) is 5.91 Å². The van der Waals surface area contributed by atoms with Gasteiger partial charge >= 0.3 is 7.82 Å². The first-order valence-corrected chi connectivity index (χ1v) is 15.6. The van der Waals surface area contributed by atoms with Crippen LogP contribution in [-0.4, -0.2) is 48.6 Å². The molecule has 0 saturated carbocycles. The number of amides is 1. The minimum absolute atomic E-state index is 0.0165. The van der Waals surface area contributed by atoms with Crippen molar-refractivity contribution in [2.24, 2.45) is 0 Å². The van der Waals surface area contributed by atoms with Crippen molar-refractivity contribution in [1.82, 2.24) is 5.32 Å². The molecule has 0 aliphatic rings. The zero-order valence-electron chi connectivity index (χ0n) is 21.0. The van der Waals surface area contributed by atoms with Gasteiger partial charge in [-0.25, -0.2) is 4.57 Å². The molecule has 0 aliphatic carbocycles. The van der Waals surface area contributed by atoms with Crippen molar-refractivity contribution in [2.75, 3.05) is 31.7 Å². The number of halogens is 1. The summed E-state index contributed by atoms with van der Waals surface area (Å²) in [5.41, 5.74) is 0. The Morgan fingerprint density at radius 2 is 1.39 bits per heavy atom. The molecule has 1 amide bonds. The third-order valence-corrected chi connectivity index (χ3v) is 6.70. The molecule has 0 rings (SSSR count). The van der Waals surface area contributed by atoms with Crippen LogP contribution in [0.25, 0.3) is 0 Å². The highest BCUT2D eigenvalue weighted by Gasteiger charge is 2.23. The lowest BCUT2D eigenvalue weighted by molar-refractivity contribution is -0.122. The molecule has 33 heavy (non-hydrogen) atoms. The fourth-order valence-electron chi connectivity index (χ4n) is 3.40. The molecule has 7 nitrogen and oxygen atoms in total. The summed E-state index contributed by atoms with van der Waals surface area (Å²) < 4.78 is 27.7. The van der Waals surface area contributed by atoms with Gasteiger partial charge < -0.3 is 14.9 Å². The summed E-state index contributed by atoms with van der Waals surface area (Å²) in [4.78, 5) is 21.9. The highest BCUT2D eigenvalue weighted by molar-refractivity contribution is 9.09. The molecule has 0 aromatic carbocycles. The number of nitrogens with one attached hydrogen (secondary N) is 1. The first kappa shape index (κ1) is 33.0. The third kappa shape index (κ3) is 23.5. The Hall–Kier alpha value is 0.0200. The second kappa shape index (κ2) is 23.7. The molecular weight excluding hydrogens is 509 g/mol. The van der Waals surface area contributed by atoms with Crippen molar-refractivity contribution >= 4 is 29.7 Å². The molecule has 2 unspecified atom stereocenters. The van der Waals surface area contributed by atoms with E-state index in [2.05, 4.69) is 35.1 Å². The number of rotatable bonds is 25. The molecule has 0 heterocycles. The molecule has 9 heteroatoms. The van der Waals surface area contributed by atoms with Crippen LogP contribution in [0.15, 0.2) is 0 Å². The SMILES string of the molecule is CCCCCCCCCCCC(=O)NCC(COP(=O)(O)OCCBr)OCCCCCCC. The standard InChI is InChI=1S/C24H49BrNO6P/c1-3-5-7-9-10-11-12-13-15-17-24(27)26-21-23(30-19-16-14-8-6-4-2)22-32-33(28,29)31-20-18-25/h23H,3-22H2,1-2H3,(H,26,27)(H,28,29). The van der Waals surface area contributed by atoms with Gasteiger partial charge in [0, 0.05) is 24.9 Å². The van der Waals surface area contributed by atoms with E-state index in [9.17, 15) is 14.3 Å². The number of carbonyl (C=O) groups excluding carboxylic acids is 1. The van der Waals surface area contributed by atoms with Gasteiger partial charge in [0.05, 0.1) is 19.3 Å². The summed E-state index contributed by atoms with van der Waals surface area (Å²) in [5.74, 6) is -0.0165. The predicted molar refractivity (Wildman–Crippen MR) is 139 cm³/mol. The molecule has 0 aliphatic heterocycles. The number of carbonyl (C=O) groups is 1. The van der Waals surface area contributed by atoms with Crippen LogP contribution in [0, 0.1) is 0 Å². The highest BCUT2D eigenvalue weighted by Crippen LogP contribution is 2.43. The van der Waals surface area contributed by atoms with Crippen molar-refractivity contribution in [3.05, 3.63) is 0 Å². The van der Waals surface area contributed by atoms with Crippen molar-refractivity contribution < 1.29 is 28.0 Å². The molecule has 2 atom stereocenters. The zero-order valence-corrected chi connectivity index (χ0v) is 23.5. The van der Waals surface area contributed by atoms with E-state index in [1.165, 1.54) is 64.2 Å². The lowest BCUT2D eigenvalue weighted by Gasteiger charge is -2.20. The van der Waals surface area contributed by atoms with Crippen LogP contribution in [0.3, 0.4) is 0 Å². The minimum Gasteiger partial charge on any atom is -0.374 e. The number of hydrogen-bond acceptors (Lipinski definition) is 5. The molecule has 0 bridgehead atoms. The topological polar surface area (TPSA) is 94.1 Å². The summed E-state index contributed by atoms with van der Waals surface area (Å²) >= 11 is 3.14. The number of hydrogen-bond donors (Lipinski definition) is 2. The van der Waals surface area contributed by atoms with Gasteiger partial charge in [-0.3, -0.25) is 13.8 Å². The summed E-state index contributed by atoms with van der Waals surface area (Å²) in [7, 11) is -4.12. The van der Waals surface area contributed by atoms with E-state index in [-0.39, 0.29) is 25.7 Å². The molecule has 0 aromatic heterocycles. The quantitative estimate of drug-likeness (QED) is 0.0719. The van der Waals surface area contributed by atoms with Gasteiger partial charge in [-0.15, -0.1) is 0 Å². The van der Waals surface area contributed by atoms with Crippen molar-refractivity contribution in [2.45, 2.75) is 116 Å². The first-order chi connectivity index (χ1) is 15.9. The second-order valence-corrected chi connectivity index (χ2v) is 10.8. The highest BCUT2D eigenvalue weighted by atomic mass is 79.9. The van der Waals surface area contributed by atoms with Crippen LogP contribution in [0.2, 0.25) is 0 Å². The van der Waals surface area contributed by atoms with Gasteiger partial charge in [0.1, 0.15) is 0 Å². The maximum atomic E-state index is 12.2. The normalized spacial score (nSPS) is 14.2. The molecule has 0 radical (unpaired) electrons. The fraction of sp³-hybridized carbons (Fsp3) is 0.958. The van der Waals surface area contributed by atoms with E-state index in [4.69, 9.17) is 13.8 Å². The number of ether oxygens (including phenoxy) is 1. The summed E-state index contributed by atoms with van der Waals surface area (Å²) in [6, 6.07) is 0. The molecular formula is C24H49BrNO6P. The largest absolute Gasteiger partial charge is 0.472 e. The fourth-order valence-corrected chi connectivity index (χ4v) is 4.56. The van der Waals surface area contributed by atoms with Gasteiger partial charge in [-0.2, -0.15) is 0 Å². The van der Waals surface area contributed by atoms with Crippen LogP contribution in [0.5, 0.6) is 0 Å². The number of alkyl halides is 1. The van der Waals surface area contributed by atoms with Gasteiger partial charge in [0.15, 0.2) is 0 Å². The van der Waals surface area contributed by atoms with E-state index in [1.807, 2.05) is 0 Å². The summed E-state index contributed by atoms with van der Waals surface area (Å²) in [6.45, 7) is 5.15. The third-order valence-electron chi connectivity index (χ3n) is 5.39. The Kier molecular flexibility index (Phi) is 23.8. The predicted octanol–water partition coefficient (Wildman–Crippen LogP) is 6.91. The minimum atomic E-state index is -4.12. The Bertz CT molecular complexity index is 498. The average Bonchev–Trinajstić information content (AvgIpc) is 2.80.